The van der Waals surface area contributed by atoms with Gasteiger partial charge >= 0.3 is 0 Å². The second-order valence-corrected chi connectivity index (χ2v) is 11.2. The number of anilines is 1. The summed E-state index contributed by atoms with van der Waals surface area (Å²) in [6.07, 6.45) is 1.02. The maximum atomic E-state index is 15.4. The Balaban J connectivity index is 1.63. The fraction of sp³-hybridized carbons (Fsp3) is 0.481. The average Bonchev–Trinajstić information content (AvgIpc) is 3.30. The third-order valence-electron chi connectivity index (χ3n) is 8.75. The molecule has 2 amide bonds. The van der Waals surface area contributed by atoms with E-state index in [0.29, 0.717) is 13.0 Å². The smallest absolute Gasteiger partial charge is 0.255 e. The largest absolute Gasteiger partial charge is 0.508 e. The van der Waals surface area contributed by atoms with Crippen LogP contribution in [0.5, 0.6) is 5.75 Å². The normalized spacial score (nSPS) is 30.4. The molecule has 214 valence electrons. The highest BCUT2D eigenvalue weighted by molar-refractivity contribution is 6.24. The fourth-order valence-corrected chi connectivity index (χ4v) is 6.82. The van der Waals surface area contributed by atoms with Crippen LogP contribution in [0.25, 0.3) is 5.76 Å². The minimum atomic E-state index is -2.79. The molecule has 1 heterocycles. The molecule has 12 nitrogen and oxygen atoms in total. The number of likely N-dealkylation sites (tertiary alicyclic amines) is 1. The topological polar surface area (TPSA) is 194 Å². The van der Waals surface area contributed by atoms with Crippen molar-refractivity contribution in [1.29, 1.82) is 0 Å². The second kappa shape index (κ2) is 9.39. The molecule has 0 aromatic heterocycles. The first-order valence-corrected chi connectivity index (χ1v) is 12.9. The van der Waals surface area contributed by atoms with Crippen molar-refractivity contribution in [3.8, 4) is 5.75 Å². The number of likely N-dealkylation sites (N-methyl/N-ethyl adjacent to an activating group) is 2. The number of nitrogens with two attached hydrogens (primary N) is 1. The van der Waals surface area contributed by atoms with Gasteiger partial charge in [-0.05, 0) is 59.3 Å². The number of halogens is 1. The number of rotatable bonds is 4. The highest BCUT2D eigenvalue weighted by Gasteiger charge is 2.64. The minimum Gasteiger partial charge on any atom is -0.508 e. The monoisotopic (exact) mass is 558 g/mol. The summed E-state index contributed by atoms with van der Waals surface area (Å²) in [5, 5.41) is 47.3. The van der Waals surface area contributed by atoms with Crippen LogP contribution in [-0.2, 0) is 25.6 Å². The van der Waals surface area contributed by atoms with Gasteiger partial charge < -0.3 is 31.5 Å². The number of fused-ring (bicyclic) bond motifs is 3. The summed E-state index contributed by atoms with van der Waals surface area (Å²) in [7, 11) is 4.75. The van der Waals surface area contributed by atoms with E-state index in [9.17, 15) is 39.6 Å². The first-order valence-electron chi connectivity index (χ1n) is 12.9. The predicted molar refractivity (Wildman–Crippen MR) is 138 cm³/mol. The second-order valence-electron chi connectivity index (χ2n) is 11.2. The number of Topliss-reactive ketones (excluding diaryl/α,β-unsaturated/α-hetero) is 2. The van der Waals surface area contributed by atoms with Crippen LogP contribution >= 0.6 is 0 Å². The Hall–Kier alpha value is -3.81. The molecule has 40 heavy (non-hydrogen) atoms. The molecular weight excluding hydrogens is 527 g/mol. The zero-order valence-corrected chi connectivity index (χ0v) is 22.2. The van der Waals surface area contributed by atoms with Crippen molar-refractivity contribution >= 4 is 34.8 Å². The van der Waals surface area contributed by atoms with Gasteiger partial charge in [-0.15, -0.1) is 0 Å². The number of amides is 2. The Morgan fingerprint density at radius 2 is 1.90 bits per heavy atom. The molecule has 5 atom stereocenters. The number of aliphatic hydroxyl groups excluding tert-OH is 2. The first kappa shape index (κ1) is 27.7. The molecule has 1 aromatic rings. The van der Waals surface area contributed by atoms with Crippen molar-refractivity contribution in [3.63, 3.8) is 0 Å². The number of hydrogen-bond acceptors (Lipinski definition) is 10. The van der Waals surface area contributed by atoms with Crippen molar-refractivity contribution in [3.05, 3.63) is 39.9 Å². The van der Waals surface area contributed by atoms with Gasteiger partial charge in [0.15, 0.2) is 17.1 Å². The highest BCUT2D eigenvalue weighted by atomic mass is 19.1. The summed E-state index contributed by atoms with van der Waals surface area (Å²) in [6.45, 7) is 0.696. The standard InChI is InChI=1S/C27H31FN4O8/c1-31(2)19-12-8-10-7-11-13(28)9-14(30-26(39)15-5-4-6-32(15)3)20(33)17(11)21(34)16(10)23(36)27(12,40)24(37)18(22(19)35)25(29)38/h9-10,12,15,19,33-34,37,40H,4-8H2,1-3H3,(H2,29,38)(H,30,39)/t10-,12-,15?,19-,27-/m0/s1. The molecule has 3 aliphatic carbocycles. The zero-order valence-electron chi connectivity index (χ0n) is 22.2. The number of benzene rings is 1. The van der Waals surface area contributed by atoms with Crippen molar-refractivity contribution in [2.24, 2.45) is 17.6 Å². The van der Waals surface area contributed by atoms with Gasteiger partial charge in [-0.2, -0.15) is 0 Å². The lowest BCUT2D eigenvalue weighted by Crippen LogP contribution is -2.65. The molecule has 1 saturated carbocycles. The van der Waals surface area contributed by atoms with Crippen LogP contribution in [0.1, 0.15) is 30.4 Å². The summed E-state index contributed by atoms with van der Waals surface area (Å²) in [5.74, 6) is -9.59. The van der Waals surface area contributed by atoms with E-state index < -0.39 is 92.7 Å². The molecule has 1 aliphatic heterocycles. The van der Waals surface area contributed by atoms with E-state index in [1.165, 1.54) is 19.0 Å². The van der Waals surface area contributed by atoms with E-state index in [0.717, 1.165) is 12.5 Å². The lowest BCUT2D eigenvalue weighted by molar-refractivity contribution is -0.153. The van der Waals surface area contributed by atoms with E-state index in [-0.39, 0.29) is 24.1 Å². The molecule has 13 heteroatoms. The van der Waals surface area contributed by atoms with Crippen LogP contribution < -0.4 is 11.1 Å². The molecule has 1 saturated heterocycles. The van der Waals surface area contributed by atoms with Gasteiger partial charge in [0.1, 0.15) is 22.9 Å². The molecule has 5 rings (SSSR count). The number of carbonyl (C=O) groups is 4. The molecule has 0 spiro atoms. The number of nitrogens with zero attached hydrogens (tertiary/aromatic N) is 2. The molecule has 1 unspecified atom stereocenters. The van der Waals surface area contributed by atoms with Gasteiger partial charge in [-0.1, -0.05) is 0 Å². The van der Waals surface area contributed by atoms with E-state index in [2.05, 4.69) is 5.32 Å². The summed E-state index contributed by atoms with van der Waals surface area (Å²) < 4.78 is 15.4. The van der Waals surface area contributed by atoms with E-state index in [1.54, 1.807) is 7.05 Å². The molecule has 1 aromatic carbocycles. The maximum Gasteiger partial charge on any atom is 0.255 e. The van der Waals surface area contributed by atoms with Crippen molar-refractivity contribution in [2.45, 2.75) is 43.4 Å². The van der Waals surface area contributed by atoms with Gasteiger partial charge in [0.25, 0.3) is 5.91 Å². The van der Waals surface area contributed by atoms with E-state index in [4.69, 9.17) is 5.73 Å². The highest BCUT2D eigenvalue weighted by Crippen LogP contribution is 2.53. The van der Waals surface area contributed by atoms with Crippen LogP contribution in [0, 0.1) is 17.7 Å². The van der Waals surface area contributed by atoms with E-state index >= 15 is 4.39 Å². The lowest BCUT2D eigenvalue weighted by Gasteiger charge is -2.50. The van der Waals surface area contributed by atoms with Crippen LogP contribution in [0.15, 0.2) is 23.0 Å². The number of phenols is 1. The number of nitrogens with one attached hydrogen (secondary N) is 1. The zero-order chi connectivity index (χ0) is 29.4. The van der Waals surface area contributed by atoms with Gasteiger partial charge in [0, 0.05) is 23.1 Å². The molecule has 0 bridgehead atoms. The van der Waals surface area contributed by atoms with Crippen LogP contribution in [0.2, 0.25) is 0 Å². The summed E-state index contributed by atoms with van der Waals surface area (Å²) in [5.41, 5.74) is 0.358. The van der Waals surface area contributed by atoms with Crippen molar-refractivity contribution < 1.29 is 44.0 Å². The average molecular weight is 559 g/mol. The van der Waals surface area contributed by atoms with Gasteiger partial charge in [-0.25, -0.2) is 4.39 Å². The van der Waals surface area contributed by atoms with Crippen molar-refractivity contribution in [2.75, 3.05) is 33.0 Å². The predicted octanol–water partition coefficient (Wildman–Crippen LogP) is 0.136. The Labute approximate surface area is 228 Å². The number of phenolic OH excluding ortho intramolecular Hbond substituents is 1. The molecule has 4 aliphatic rings. The SMILES string of the molecule is CN1CCCC1C(=O)Nc1cc(F)c2c(c1O)C(O)=C1C(=O)[C@]3(O)C(O)=C(C(N)=O)C(=O)[C@@H](N(C)C)[C@@H]3C[C@@H]1C2. The molecule has 7 N–H and O–H groups in total. The maximum absolute atomic E-state index is 15.4. The molecule has 2 fully saturated rings. The Morgan fingerprint density at radius 1 is 1.23 bits per heavy atom. The van der Waals surface area contributed by atoms with Crippen LogP contribution in [0.3, 0.4) is 0 Å². The molecular formula is C27H31FN4O8. The number of hydrogen-bond donors (Lipinski definition) is 6. The fourth-order valence-electron chi connectivity index (χ4n) is 6.82. The molecule has 0 radical (unpaired) electrons. The third-order valence-corrected chi connectivity index (χ3v) is 8.75. The van der Waals surface area contributed by atoms with Crippen molar-refractivity contribution in [1.82, 2.24) is 9.80 Å². The summed E-state index contributed by atoms with van der Waals surface area (Å²) >= 11 is 0. The Morgan fingerprint density at radius 3 is 2.48 bits per heavy atom. The van der Waals surface area contributed by atoms with Crippen LogP contribution in [-0.4, -0.2) is 99.0 Å². The van der Waals surface area contributed by atoms with E-state index in [1.807, 2.05) is 4.90 Å². The number of aliphatic hydroxyl groups is 3. The van der Waals surface area contributed by atoms with Gasteiger partial charge in [0.2, 0.25) is 11.7 Å². The van der Waals surface area contributed by atoms with Gasteiger partial charge in [0.05, 0.1) is 23.3 Å². The third kappa shape index (κ3) is 3.75. The Bertz CT molecular complexity index is 1440. The first-order chi connectivity index (χ1) is 18.7. The number of ketones is 2. The van der Waals surface area contributed by atoms with Gasteiger partial charge in [-0.3, -0.25) is 29.0 Å². The Kier molecular flexibility index (Phi) is 6.51. The summed E-state index contributed by atoms with van der Waals surface area (Å²) in [6, 6.07) is -0.781. The lowest BCUT2D eigenvalue weighted by atomic mass is 9.57. The minimum absolute atomic E-state index is 0.112. The number of primary amides is 1. The number of carbonyl (C=O) groups excluding carboxylic acids is 4. The quantitative estimate of drug-likeness (QED) is 0.219. The number of aromatic hydroxyl groups is 1. The van der Waals surface area contributed by atoms with Crippen LogP contribution in [0.4, 0.5) is 10.1 Å². The summed E-state index contributed by atoms with van der Waals surface area (Å²) in [4.78, 5) is 55.0.